The summed E-state index contributed by atoms with van der Waals surface area (Å²) < 4.78 is 50.7. The number of hydrogen-bond donors (Lipinski definition) is 0. The summed E-state index contributed by atoms with van der Waals surface area (Å²) in [7, 11) is 0. The summed E-state index contributed by atoms with van der Waals surface area (Å²) >= 11 is 0.908. The Hall–Kier alpha value is -1.75. The highest BCUT2D eigenvalue weighted by atomic mass is 32.2. The van der Waals surface area contributed by atoms with Gasteiger partial charge >= 0.3 is 6.18 Å². The van der Waals surface area contributed by atoms with Gasteiger partial charge in [0.1, 0.15) is 5.82 Å². The summed E-state index contributed by atoms with van der Waals surface area (Å²) in [5.74, 6) is -0.902. The van der Waals surface area contributed by atoms with Crippen LogP contribution in [0, 0.1) is 22.9 Å². The zero-order chi connectivity index (χ0) is 15.8. The number of alkyl halides is 3. The standard InChI is InChI=1S/C10H5F4N3O2S2/c1-4-2-7(5(11)3-6(4)17(18)19)20-9-16-15-8(21-9)10(12,13)14/h2-3H,1H3. The van der Waals surface area contributed by atoms with E-state index >= 15 is 0 Å². The molecule has 0 saturated heterocycles. The molecule has 21 heavy (non-hydrogen) atoms. The fourth-order valence-corrected chi connectivity index (χ4v) is 3.16. The van der Waals surface area contributed by atoms with Crippen LogP contribution in [0.25, 0.3) is 0 Å². The molecule has 1 aromatic carbocycles. The minimum absolute atomic E-state index is 0.0528. The monoisotopic (exact) mass is 339 g/mol. The fraction of sp³-hybridized carbons (Fsp3) is 0.200. The van der Waals surface area contributed by atoms with Crippen LogP contribution in [0.1, 0.15) is 10.6 Å². The molecule has 2 aromatic rings. The van der Waals surface area contributed by atoms with Crippen LogP contribution in [0.3, 0.4) is 0 Å². The topological polar surface area (TPSA) is 68.9 Å². The SMILES string of the molecule is Cc1cc(Sc2nnc(C(F)(F)F)s2)c(F)cc1[N+](=O)[O-]. The molecule has 0 bridgehead atoms. The van der Waals surface area contributed by atoms with Gasteiger partial charge in [-0.1, -0.05) is 23.1 Å². The Bertz CT molecular complexity index is 702. The number of nitro benzene ring substituents is 1. The van der Waals surface area contributed by atoms with Crippen LogP contribution < -0.4 is 0 Å². The largest absolute Gasteiger partial charge is 0.445 e. The lowest BCUT2D eigenvalue weighted by molar-refractivity contribution is -0.385. The summed E-state index contributed by atoms with van der Waals surface area (Å²) in [6.45, 7) is 1.41. The average Bonchev–Trinajstić information content (AvgIpc) is 2.81. The van der Waals surface area contributed by atoms with E-state index in [1.54, 1.807) is 0 Å². The van der Waals surface area contributed by atoms with Gasteiger partial charge in [-0.25, -0.2) is 4.39 Å². The van der Waals surface area contributed by atoms with Gasteiger partial charge in [0.15, 0.2) is 4.34 Å². The van der Waals surface area contributed by atoms with E-state index in [0.717, 1.165) is 6.07 Å². The molecule has 0 unspecified atom stereocenters. The average molecular weight is 339 g/mol. The first kappa shape index (κ1) is 15.6. The van der Waals surface area contributed by atoms with E-state index in [4.69, 9.17) is 0 Å². The van der Waals surface area contributed by atoms with Crippen molar-refractivity contribution in [2.75, 3.05) is 0 Å². The highest BCUT2D eigenvalue weighted by Gasteiger charge is 2.35. The Morgan fingerprint density at radius 1 is 1.33 bits per heavy atom. The zero-order valence-corrected chi connectivity index (χ0v) is 11.8. The first-order valence-electron chi connectivity index (χ1n) is 5.21. The minimum atomic E-state index is -4.61. The molecule has 11 heteroatoms. The van der Waals surface area contributed by atoms with E-state index in [-0.39, 0.29) is 26.1 Å². The van der Waals surface area contributed by atoms with E-state index in [9.17, 15) is 27.7 Å². The minimum Gasteiger partial charge on any atom is -0.258 e. The third kappa shape index (κ3) is 3.47. The molecule has 0 fully saturated rings. The highest BCUT2D eigenvalue weighted by Crippen LogP contribution is 2.38. The number of halogens is 4. The van der Waals surface area contributed by atoms with Crippen molar-refractivity contribution in [1.29, 1.82) is 0 Å². The van der Waals surface area contributed by atoms with Gasteiger partial charge in [-0.05, 0) is 13.0 Å². The molecule has 0 spiro atoms. The van der Waals surface area contributed by atoms with Crippen molar-refractivity contribution in [2.24, 2.45) is 0 Å². The van der Waals surface area contributed by atoms with Gasteiger partial charge in [0.05, 0.1) is 15.9 Å². The fourth-order valence-electron chi connectivity index (χ4n) is 1.38. The number of rotatable bonds is 3. The summed E-state index contributed by atoms with van der Waals surface area (Å²) in [4.78, 5) is 9.85. The van der Waals surface area contributed by atoms with Crippen LogP contribution in [0.5, 0.6) is 0 Å². The van der Waals surface area contributed by atoms with E-state index in [1.165, 1.54) is 13.0 Å². The molecule has 0 amide bonds. The number of benzene rings is 1. The Morgan fingerprint density at radius 3 is 2.52 bits per heavy atom. The van der Waals surface area contributed by atoms with Crippen LogP contribution in [0.4, 0.5) is 23.2 Å². The van der Waals surface area contributed by atoms with Crippen molar-refractivity contribution in [1.82, 2.24) is 10.2 Å². The molecular weight excluding hydrogens is 334 g/mol. The quantitative estimate of drug-likeness (QED) is 0.479. The number of aryl methyl sites for hydroxylation is 1. The first-order chi connectivity index (χ1) is 9.68. The molecule has 0 atom stereocenters. The molecule has 0 radical (unpaired) electrons. The normalized spacial score (nSPS) is 11.7. The Kier molecular flexibility index (Phi) is 4.14. The first-order valence-corrected chi connectivity index (χ1v) is 6.85. The van der Waals surface area contributed by atoms with Gasteiger partial charge < -0.3 is 0 Å². The molecule has 2 rings (SSSR count). The molecular formula is C10H5F4N3O2S2. The summed E-state index contributed by atoms with van der Waals surface area (Å²) in [6.07, 6.45) is -4.61. The predicted molar refractivity (Wildman–Crippen MR) is 66.8 cm³/mol. The summed E-state index contributed by atoms with van der Waals surface area (Å²) in [6, 6.07) is 1.91. The molecule has 1 heterocycles. The second-order valence-corrected chi connectivity index (χ2v) is 6.07. The maximum atomic E-state index is 13.7. The van der Waals surface area contributed by atoms with Gasteiger partial charge in [0, 0.05) is 5.56 Å². The van der Waals surface area contributed by atoms with Crippen LogP contribution >= 0.6 is 23.1 Å². The third-order valence-electron chi connectivity index (χ3n) is 2.29. The summed E-state index contributed by atoms with van der Waals surface area (Å²) in [5.41, 5.74) is -0.199. The smallest absolute Gasteiger partial charge is 0.258 e. The van der Waals surface area contributed by atoms with Crippen LogP contribution in [0.2, 0.25) is 0 Å². The number of hydrogen-bond acceptors (Lipinski definition) is 6. The van der Waals surface area contributed by atoms with Crippen molar-refractivity contribution in [3.05, 3.63) is 38.6 Å². The second kappa shape index (κ2) is 5.56. The Morgan fingerprint density at radius 2 is 2.00 bits per heavy atom. The van der Waals surface area contributed by atoms with Crippen molar-refractivity contribution < 1.29 is 22.5 Å². The number of nitro groups is 1. The molecule has 0 aliphatic heterocycles. The van der Waals surface area contributed by atoms with Crippen molar-refractivity contribution in [2.45, 2.75) is 22.3 Å². The molecule has 0 N–H and O–H groups in total. The maximum Gasteiger partial charge on any atom is 0.445 e. The van der Waals surface area contributed by atoms with Crippen molar-refractivity contribution >= 4 is 28.8 Å². The zero-order valence-electron chi connectivity index (χ0n) is 10.1. The molecule has 112 valence electrons. The van der Waals surface area contributed by atoms with Gasteiger partial charge in [0.2, 0.25) is 5.01 Å². The molecule has 1 aromatic heterocycles. The highest BCUT2D eigenvalue weighted by molar-refractivity contribution is 8.01. The molecule has 5 nitrogen and oxygen atoms in total. The van der Waals surface area contributed by atoms with Crippen molar-refractivity contribution in [3.8, 4) is 0 Å². The van der Waals surface area contributed by atoms with Crippen LogP contribution in [0.15, 0.2) is 21.4 Å². The lowest BCUT2D eigenvalue weighted by Gasteiger charge is -2.03. The Labute approximate surface area is 123 Å². The maximum absolute atomic E-state index is 13.7. The van der Waals surface area contributed by atoms with Crippen molar-refractivity contribution in [3.63, 3.8) is 0 Å². The van der Waals surface area contributed by atoms with Crippen LogP contribution in [-0.2, 0) is 6.18 Å². The molecule has 0 aliphatic carbocycles. The van der Waals surface area contributed by atoms with Gasteiger partial charge in [-0.15, -0.1) is 10.2 Å². The predicted octanol–water partition coefficient (Wildman–Crippen LogP) is 4.06. The lowest BCUT2D eigenvalue weighted by atomic mass is 10.2. The second-order valence-electron chi connectivity index (χ2n) is 3.80. The lowest BCUT2D eigenvalue weighted by Crippen LogP contribution is -2.03. The van der Waals surface area contributed by atoms with Gasteiger partial charge in [-0.3, -0.25) is 10.1 Å². The van der Waals surface area contributed by atoms with E-state index in [2.05, 4.69) is 10.2 Å². The third-order valence-corrected chi connectivity index (χ3v) is 4.35. The van der Waals surface area contributed by atoms with E-state index in [0.29, 0.717) is 11.8 Å². The Balaban J connectivity index is 2.30. The van der Waals surface area contributed by atoms with E-state index in [1.807, 2.05) is 0 Å². The summed E-state index contributed by atoms with van der Waals surface area (Å²) in [5, 5.41) is 15.8. The van der Waals surface area contributed by atoms with E-state index < -0.39 is 27.6 Å². The van der Waals surface area contributed by atoms with Crippen LogP contribution in [-0.4, -0.2) is 15.1 Å². The molecule has 0 aliphatic rings. The van der Waals surface area contributed by atoms with Gasteiger partial charge in [-0.2, -0.15) is 13.2 Å². The number of nitrogens with zero attached hydrogens (tertiary/aromatic N) is 3. The van der Waals surface area contributed by atoms with Gasteiger partial charge in [0.25, 0.3) is 5.69 Å². The number of aromatic nitrogens is 2. The molecule has 0 saturated carbocycles.